The van der Waals surface area contributed by atoms with Crippen molar-refractivity contribution in [2.45, 2.75) is 12.5 Å². The highest BCUT2D eigenvalue weighted by Gasteiger charge is 2.16. The Labute approximate surface area is 109 Å². The molecule has 0 bridgehead atoms. The van der Waals surface area contributed by atoms with E-state index in [-0.39, 0.29) is 12.2 Å². The van der Waals surface area contributed by atoms with Gasteiger partial charge in [-0.1, -0.05) is 12.2 Å². The summed E-state index contributed by atoms with van der Waals surface area (Å²) in [5.74, 6) is -0.981. The second kappa shape index (κ2) is 9.82. The minimum atomic E-state index is -1.23. The van der Waals surface area contributed by atoms with E-state index in [4.69, 9.17) is 15.6 Å². The highest BCUT2D eigenvalue weighted by atomic mass is 32.1. The van der Waals surface area contributed by atoms with E-state index in [9.17, 15) is 4.79 Å². The lowest BCUT2D eigenvalue weighted by molar-refractivity contribution is -0.146. The molecule has 0 rings (SSSR count). The van der Waals surface area contributed by atoms with Gasteiger partial charge in [0, 0.05) is 6.42 Å². The van der Waals surface area contributed by atoms with Gasteiger partial charge in [0.1, 0.15) is 5.76 Å². The molecule has 0 radical (unpaired) electrons. The van der Waals surface area contributed by atoms with E-state index in [0.717, 1.165) is 0 Å². The first-order valence-corrected chi connectivity index (χ1v) is 5.18. The van der Waals surface area contributed by atoms with Gasteiger partial charge in [-0.2, -0.15) is 17.9 Å². The highest BCUT2D eigenvalue weighted by molar-refractivity contribution is 7.83. The lowest BCUT2D eigenvalue weighted by Crippen LogP contribution is -2.20. The highest BCUT2D eigenvalue weighted by Crippen LogP contribution is 2.03. The number of nitriles is 2. The summed E-state index contributed by atoms with van der Waals surface area (Å²) in [5, 5.41) is 26.6. The normalized spacial score (nSPS) is 12.9. The number of carbonyl (C=O) groups is 1. The summed E-state index contributed by atoms with van der Waals surface area (Å²) in [6.45, 7) is 0. The smallest absolute Gasteiger partial charge is 0.346 e. The summed E-state index contributed by atoms with van der Waals surface area (Å²) in [7, 11) is 0. The fourth-order valence-corrected chi connectivity index (χ4v) is 1.02. The van der Waals surface area contributed by atoms with Gasteiger partial charge in [-0.15, -0.1) is 5.26 Å². The molecular weight excluding hydrogens is 256 g/mol. The summed E-state index contributed by atoms with van der Waals surface area (Å²) in [6, 6.07) is 0. The molecule has 0 aliphatic rings. The molecule has 0 aromatic heterocycles. The fraction of sp³-hybridized carbons (Fsp3) is 0.182. The molecule has 0 aromatic rings. The Bertz CT molecular complexity index is 443. The van der Waals surface area contributed by atoms with Crippen LogP contribution in [0.25, 0.3) is 0 Å². The second-order valence-electron chi connectivity index (χ2n) is 2.78. The van der Waals surface area contributed by atoms with Crippen molar-refractivity contribution in [3.63, 3.8) is 0 Å². The summed E-state index contributed by atoms with van der Waals surface area (Å²) >= 11 is 3.82. The zero-order valence-corrected chi connectivity index (χ0v) is 10.1. The average Bonchev–Trinajstić information content (AvgIpc) is 2.33. The van der Waals surface area contributed by atoms with Crippen molar-refractivity contribution >= 4 is 18.6 Å². The molecule has 18 heavy (non-hydrogen) atoms. The van der Waals surface area contributed by atoms with Crippen LogP contribution in [0.1, 0.15) is 6.42 Å². The number of hydrogen-bond donors (Lipinski definition) is 2. The zero-order chi connectivity index (χ0) is 13.8. The van der Waals surface area contributed by atoms with Gasteiger partial charge in [0.15, 0.2) is 0 Å². The third kappa shape index (κ3) is 6.99. The first kappa shape index (κ1) is 15.6. The molecule has 7 heteroatoms. The molecule has 0 saturated heterocycles. The Morgan fingerprint density at radius 2 is 2.17 bits per heavy atom. The first-order chi connectivity index (χ1) is 8.65. The Balaban J connectivity index is 4.46. The van der Waals surface area contributed by atoms with E-state index >= 15 is 0 Å². The van der Waals surface area contributed by atoms with Crippen LogP contribution >= 0.6 is 12.6 Å². The molecular formula is C11H10N2O4S. The molecule has 1 unspecified atom stereocenters. The van der Waals surface area contributed by atoms with E-state index in [1.165, 1.54) is 42.2 Å². The number of thiol groups is 1. The molecule has 0 aliphatic carbocycles. The van der Waals surface area contributed by atoms with E-state index in [2.05, 4.69) is 22.1 Å². The lowest BCUT2D eigenvalue weighted by Gasteiger charge is -2.04. The van der Waals surface area contributed by atoms with Gasteiger partial charge in [0.05, 0.1) is 0 Å². The number of carboxylic acid groups (broad SMARTS) is 1. The van der Waals surface area contributed by atoms with Gasteiger partial charge in [-0.25, -0.2) is 4.79 Å². The number of rotatable bonds is 7. The van der Waals surface area contributed by atoms with E-state index in [1.807, 2.05) is 0 Å². The second-order valence-corrected chi connectivity index (χ2v) is 3.08. The van der Waals surface area contributed by atoms with Crippen LogP contribution in [0.3, 0.4) is 0 Å². The Morgan fingerprint density at radius 1 is 1.44 bits per heavy atom. The van der Waals surface area contributed by atoms with E-state index in [1.54, 1.807) is 0 Å². The molecule has 0 aliphatic heterocycles. The number of carboxylic acids is 1. The average molecular weight is 266 g/mol. The summed E-state index contributed by atoms with van der Waals surface area (Å²) in [6.07, 6.45) is 7.45. The van der Waals surface area contributed by atoms with Crippen LogP contribution in [0.4, 0.5) is 0 Å². The summed E-state index contributed by atoms with van der Waals surface area (Å²) in [4.78, 5) is 10.6. The number of hydrogen-bond acceptors (Lipinski definition) is 6. The number of nitrogens with zero attached hydrogens (tertiary/aromatic N) is 2. The molecule has 0 spiro atoms. The van der Waals surface area contributed by atoms with Crippen molar-refractivity contribution in [3.05, 3.63) is 35.5 Å². The van der Waals surface area contributed by atoms with E-state index in [0.29, 0.717) is 0 Å². The molecule has 0 saturated carbocycles. The van der Waals surface area contributed by atoms with Gasteiger partial charge in [0.2, 0.25) is 6.10 Å². The lowest BCUT2D eigenvalue weighted by atomic mass is 10.2. The van der Waals surface area contributed by atoms with Crippen molar-refractivity contribution in [2.75, 3.05) is 0 Å². The largest absolute Gasteiger partial charge is 0.478 e. The van der Waals surface area contributed by atoms with Gasteiger partial charge in [0.25, 0.3) is 12.5 Å². The zero-order valence-electron chi connectivity index (χ0n) is 9.18. The Kier molecular flexibility index (Phi) is 8.52. The monoisotopic (exact) mass is 266 g/mol. The third-order valence-corrected chi connectivity index (χ3v) is 1.77. The quantitative estimate of drug-likeness (QED) is 0.314. The summed E-state index contributed by atoms with van der Waals surface area (Å²) in [5.41, 5.74) is 0. The van der Waals surface area contributed by atoms with Crippen LogP contribution in [0.15, 0.2) is 35.5 Å². The van der Waals surface area contributed by atoms with E-state index < -0.39 is 12.1 Å². The van der Waals surface area contributed by atoms with Gasteiger partial charge >= 0.3 is 5.97 Å². The van der Waals surface area contributed by atoms with Crippen molar-refractivity contribution in [1.29, 1.82) is 10.5 Å². The van der Waals surface area contributed by atoms with Crippen LogP contribution in [0.2, 0.25) is 0 Å². The third-order valence-electron chi connectivity index (χ3n) is 1.62. The standard InChI is InChI=1S/C11H10N2O4S/c12-7-16-9(5-6-18)3-1-2-4-10(11(14)15)17-8-13/h1-3,5-6,10,18H,4H2,(H,14,15)/b2-1+,6-5-,9-3+. The van der Waals surface area contributed by atoms with Crippen LogP contribution in [0, 0.1) is 23.0 Å². The molecule has 0 fully saturated rings. The van der Waals surface area contributed by atoms with Gasteiger partial charge < -0.3 is 14.6 Å². The first-order valence-electron chi connectivity index (χ1n) is 4.66. The number of ether oxygens (including phenoxy) is 2. The van der Waals surface area contributed by atoms with Crippen molar-refractivity contribution in [2.24, 2.45) is 0 Å². The van der Waals surface area contributed by atoms with Gasteiger partial charge in [-0.05, 0) is 17.6 Å². The minimum absolute atomic E-state index is 0.0177. The summed E-state index contributed by atoms with van der Waals surface area (Å²) < 4.78 is 8.89. The predicted molar refractivity (Wildman–Crippen MR) is 64.8 cm³/mol. The number of aliphatic carboxylic acids is 1. The predicted octanol–water partition coefficient (Wildman–Crippen LogP) is 1.71. The van der Waals surface area contributed by atoms with Crippen LogP contribution in [-0.2, 0) is 14.3 Å². The Morgan fingerprint density at radius 3 is 2.67 bits per heavy atom. The molecule has 0 aromatic carbocycles. The molecule has 1 N–H and O–H groups in total. The molecule has 6 nitrogen and oxygen atoms in total. The molecule has 0 amide bonds. The minimum Gasteiger partial charge on any atom is -0.478 e. The van der Waals surface area contributed by atoms with Crippen LogP contribution in [-0.4, -0.2) is 17.2 Å². The molecule has 0 heterocycles. The maximum Gasteiger partial charge on any atom is 0.346 e. The topological polar surface area (TPSA) is 103 Å². The van der Waals surface area contributed by atoms with Crippen LogP contribution in [0.5, 0.6) is 0 Å². The Hall–Kier alpha value is -2.38. The maximum atomic E-state index is 10.6. The van der Waals surface area contributed by atoms with Crippen molar-refractivity contribution < 1.29 is 19.4 Å². The SMILES string of the molecule is N#COC(/C=C\S)=C/C=C/CC(OC#N)C(=O)O. The molecule has 94 valence electrons. The maximum absolute atomic E-state index is 10.6. The van der Waals surface area contributed by atoms with Crippen molar-refractivity contribution in [3.8, 4) is 12.5 Å². The van der Waals surface area contributed by atoms with Gasteiger partial charge in [-0.3, -0.25) is 0 Å². The number of allylic oxidation sites excluding steroid dienone is 3. The fourth-order valence-electron chi connectivity index (χ4n) is 0.878. The molecule has 1 atom stereocenters. The van der Waals surface area contributed by atoms with Crippen molar-refractivity contribution in [1.82, 2.24) is 0 Å². The van der Waals surface area contributed by atoms with Crippen LogP contribution < -0.4 is 0 Å².